The molecule has 0 spiro atoms. The Hall–Kier alpha value is -3.56. The maximum Gasteiger partial charge on any atom is 0.242 e. The average Bonchev–Trinajstić information content (AvgIpc) is 3.30. The van der Waals surface area contributed by atoms with Crippen LogP contribution in [0.15, 0.2) is 71.1 Å². The first-order valence-corrected chi connectivity index (χ1v) is 12.6. The molecule has 0 saturated carbocycles. The van der Waals surface area contributed by atoms with Crippen molar-refractivity contribution in [1.29, 1.82) is 0 Å². The van der Waals surface area contributed by atoms with Crippen molar-refractivity contribution in [2.75, 3.05) is 24.9 Å². The predicted molar refractivity (Wildman–Crippen MR) is 142 cm³/mol. The van der Waals surface area contributed by atoms with Crippen molar-refractivity contribution in [2.45, 2.75) is 23.4 Å². The predicted octanol–water partition coefficient (Wildman–Crippen LogP) is 6.39. The van der Waals surface area contributed by atoms with Gasteiger partial charge in [0.25, 0.3) is 0 Å². The van der Waals surface area contributed by atoms with E-state index in [0.29, 0.717) is 26.7 Å². The molecule has 4 aromatic rings. The van der Waals surface area contributed by atoms with Crippen molar-refractivity contribution in [3.05, 3.63) is 83.4 Å². The molecule has 180 valence electrons. The minimum Gasteiger partial charge on any atom is -0.495 e. The van der Waals surface area contributed by atoms with Gasteiger partial charge in [-0.25, -0.2) is 0 Å². The van der Waals surface area contributed by atoms with E-state index in [1.807, 2.05) is 80.6 Å². The van der Waals surface area contributed by atoms with Gasteiger partial charge in [-0.1, -0.05) is 65.6 Å². The number of amides is 1. The number of thioether (sulfide) groups is 1. The molecule has 0 saturated heterocycles. The smallest absolute Gasteiger partial charge is 0.242 e. The quantitative estimate of drug-likeness (QED) is 0.255. The summed E-state index contributed by atoms with van der Waals surface area (Å²) in [6.07, 6.45) is 0. The van der Waals surface area contributed by atoms with Gasteiger partial charge in [-0.15, -0.1) is 10.2 Å². The van der Waals surface area contributed by atoms with Crippen LogP contribution < -0.4 is 20.1 Å². The number of methoxy groups -OCH3 is 2. The molecule has 35 heavy (non-hydrogen) atoms. The van der Waals surface area contributed by atoms with Gasteiger partial charge in [-0.05, 0) is 54.8 Å². The molecule has 4 rings (SSSR count). The molecule has 0 aliphatic heterocycles. The Labute approximate surface area is 212 Å². The summed E-state index contributed by atoms with van der Waals surface area (Å²) in [5.41, 5.74) is 4.43. The first-order valence-electron chi connectivity index (χ1n) is 10.9. The van der Waals surface area contributed by atoms with Crippen LogP contribution in [0.5, 0.6) is 11.5 Å². The highest BCUT2D eigenvalue weighted by molar-refractivity contribution is 8.02. The number of aryl methyl sites for hydroxylation is 2. The van der Waals surface area contributed by atoms with E-state index in [0.717, 1.165) is 22.4 Å². The third-order valence-corrected chi connectivity index (χ3v) is 7.35. The molecule has 1 heterocycles. The lowest BCUT2D eigenvalue weighted by Gasteiger charge is -2.17. The number of nitrogens with one attached hydrogen (secondary N) is 2. The zero-order valence-corrected chi connectivity index (χ0v) is 21.5. The molecule has 0 unspecified atom stereocenters. The van der Waals surface area contributed by atoms with Crippen LogP contribution in [0, 0.1) is 13.8 Å². The van der Waals surface area contributed by atoms with E-state index in [1.54, 1.807) is 14.2 Å². The van der Waals surface area contributed by atoms with Crippen LogP contribution in [0.4, 0.5) is 16.5 Å². The van der Waals surface area contributed by atoms with Crippen LogP contribution in [-0.4, -0.2) is 30.3 Å². The fourth-order valence-corrected chi connectivity index (χ4v) is 5.42. The summed E-state index contributed by atoms with van der Waals surface area (Å²) in [6.45, 7) is 3.98. The molecule has 0 radical (unpaired) electrons. The Balaban J connectivity index is 1.57. The summed E-state index contributed by atoms with van der Waals surface area (Å²) in [4.78, 5) is 13.5. The summed E-state index contributed by atoms with van der Waals surface area (Å²) in [5.74, 6) is 1.15. The van der Waals surface area contributed by atoms with Gasteiger partial charge < -0.3 is 20.1 Å². The second-order valence-corrected chi connectivity index (χ2v) is 10.1. The van der Waals surface area contributed by atoms with E-state index in [-0.39, 0.29) is 5.91 Å². The van der Waals surface area contributed by atoms with Crippen molar-refractivity contribution in [3.63, 3.8) is 0 Å². The summed E-state index contributed by atoms with van der Waals surface area (Å²) in [5, 5.41) is 15.0. The SMILES string of the molecule is COc1ccc(C)cc1NC(=O)[C@@H](Sc1nnc(Nc2cc(C)ccc2OC)s1)c1ccccc1. The maximum atomic E-state index is 13.5. The lowest BCUT2D eigenvalue weighted by atomic mass is 10.1. The number of ether oxygens (including phenoxy) is 2. The number of hydrogen-bond donors (Lipinski definition) is 2. The van der Waals surface area contributed by atoms with E-state index in [9.17, 15) is 4.79 Å². The number of carbonyl (C=O) groups is 1. The van der Waals surface area contributed by atoms with Gasteiger partial charge in [0.15, 0.2) is 4.34 Å². The van der Waals surface area contributed by atoms with Crippen LogP contribution in [-0.2, 0) is 4.79 Å². The molecule has 0 fully saturated rings. The molecule has 7 nitrogen and oxygen atoms in total. The Morgan fingerprint density at radius 3 is 2.17 bits per heavy atom. The molecule has 2 N–H and O–H groups in total. The first kappa shape index (κ1) is 24.6. The summed E-state index contributed by atoms with van der Waals surface area (Å²) in [7, 11) is 3.21. The van der Waals surface area contributed by atoms with E-state index in [1.165, 1.54) is 23.1 Å². The third kappa shape index (κ3) is 6.12. The van der Waals surface area contributed by atoms with Gasteiger partial charge >= 0.3 is 0 Å². The first-order chi connectivity index (χ1) is 17.0. The standard InChI is InChI=1S/C26H26N4O3S2/c1-16-10-12-21(32-3)19(14-16)27-24(31)23(18-8-6-5-7-9-18)34-26-30-29-25(35-26)28-20-15-17(2)11-13-22(20)33-4/h5-15,23H,1-4H3,(H,27,31)(H,28,29)/t23-/m0/s1. The molecule has 1 amide bonds. The second kappa shape index (κ2) is 11.2. The molecular weight excluding hydrogens is 480 g/mol. The number of carbonyl (C=O) groups excluding carboxylic acids is 1. The van der Waals surface area contributed by atoms with Crippen LogP contribution in [0.1, 0.15) is 21.9 Å². The zero-order valence-electron chi connectivity index (χ0n) is 19.9. The lowest BCUT2D eigenvalue weighted by molar-refractivity contribution is -0.115. The Kier molecular flexibility index (Phi) is 7.89. The van der Waals surface area contributed by atoms with Crippen molar-refractivity contribution in [1.82, 2.24) is 10.2 Å². The molecule has 9 heteroatoms. The summed E-state index contributed by atoms with van der Waals surface area (Å²) < 4.78 is 11.5. The second-order valence-electron chi connectivity index (χ2n) is 7.80. The number of nitrogens with zero attached hydrogens (tertiary/aromatic N) is 2. The van der Waals surface area contributed by atoms with E-state index < -0.39 is 5.25 Å². The molecule has 0 bridgehead atoms. The summed E-state index contributed by atoms with van der Waals surface area (Å²) >= 11 is 2.73. The van der Waals surface area contributed by atoms with Gasteiger partial charge in [-0.3, -0.25) is 4.79 Å². The highest BCUT2D eigenvalue weighted by atomic mass is 32.2. The van der Waals surface area contributed by atoms with Crippen LogP contribution in [0.3, 0.4) is 0 Å². The molecule has 3 aromatic carbocycles. The van der Waals surface area contributed by atoms with Gasteiger partial charge in [-0.2, -0.15) is 0 Å². The monoisotopic (exact) mass is 506 g/mol. The van der Waals surface area contributed by atoms with Crippen molar-refractivity contribution >= 4 is 45.5 Å². The minimum atomic E-state index is -0.532. The Morgan fingerprint density at radius 1 is 0.886 bits per heavy atom. The summed E-state index contributed by atoms with van der Waals surface area (Å²) in [6, 6.07) is 21.2. The fraction of sp³-hybridized carbons (Fsp3) is 0.192. The highest BCUT2D eigenvalue weighted by Gasteiger charge is 2.25. The lowest BCUT2D eigenvalue weighted by Crippen LogP contribution is -2.19. The molecule has 0 aliphatic rings. The van der Waals surface area contributed by atoms with Gasteiger partial charge in [0.2, 0.25) is 11.0 Å². The van der Waals surface area contributed by atoms with Gasteiger partial charge in [0.1, 0.15) is 16.7 Å². The maximum absolute atomic E-state index is 13.5. The largest absolute Gasteiger partial charge is 0.495 e. The number of hydrogen-bond acceptors (Lipinski definition) is 8. The van der Waals surface area contributed by atoms with Gasteiger partial charge in [0, 0.05) is 0 Å². The van der Waals surface area contributed by atoms with Gasteiger partial charge in [0.05, 0.1) is 25.6 Å². The van der Waals surface area contributed by atoms with Crippen molar-refractivity contribution in [3.8, 4) is 11.5 Å². The number of anilines is 3. The Morgan fingerprint density at radius 2 is 1.51 bits per heavy atom. The number of rotatable bonds is 9. The Bertz CT molecular complexity index is 1310. The third-order valence-electron chi connectivity index (χ3n) is 5.18. The van der Waals surface area contributed by atoms with E-state index in [4.69, 9.17) is 9.47 Å². The topological polar surface area (TPSA) is 85.4 Å². The molecule has 1 aromatic heterocycles. The van der Waals surface area contributed by atoms with E-state index >= 15 is 0 Å². The van der Waals surface area contributed by atoms with Crippen LogP contribution >= 0.6 is 23.1 Å². The van der Waals surface area contributed by atoms with Crippen LogP contribution in [0.25, 0.3) is 0 Å². The highest BCUT2D eigenvalue weighted by Crippen LogP contribution is 2.40. The fourth-order valence-electron chi connectivity index (χ4n) is 3.46. The van der Waals surface area contributed by atoms with Crippen LogP contribution in [0.2, 0.25) is 0 Å². The zero-order chi connectivity index (χ0) is 24.8. The normalized spacial score (nSPS) is 11.5. The number of aromatic nitrogens is 2. The molecule has 0 aliphatic carbocycles. The van der Waals surface area contributed by atoms with Crippen molar-refractivity contribution in [2.24, 2.45) is 0 Å². The molecular formula is C26H26N4O3S2. The van der Waals surface area contributed by atoms with E-state index in [2.05, 4.69) is 20.8 Å². The number of benzene rings is 3. The average molecular weight is 507 g/mol. The van der Waals surface area contributed by atoms with Crippen molar-refractivity contribution < 1.29 is 14.3 Å². The molecule has 1 atom stereocenters. The minimum absolute atomic E-state index is 0.171.